The third-order valence-corrected chi connectivity index (χ3v) is 1.58. The maximum atomic E-state index is 10.6. The largest absolute Gasteiger partial charge is 0.506 e. The molecule has 2 N–H and O–H groups in total. The lowest BCUT2D eigenvalue weighted by Gasteiger charge is -1.94. The molecule has 6 heteroatoms. The number of aromatic nitrogens is 3. The van der Waals surface area contributed by atoms with Gasteiger partial charge in [-0.3, -0.25) is 4.40 Å². The normalized spacial score (nSPS) is 10.5. The number of fused-ring (bicyclic) bond motifs is 1. The molecule has 0 fully saturated rings. The first kappa shape index (κ1) is 7.53. The van der Waals surface area contributed by atoms with Crippen LogP contribution < -0.4 is 0 Å². The van der Waals surface area contributed by atoms with Crippen LogP contribution in [0.2, 0.25) is 0 Å². The Morgan fingerprint density at radius 1 is 1.38 bits per heavy atom. The fourth-order valence-corrected chi connectivity index (χ4v) is 1.03. The molecule has 0 atom stereocenters. The van der Waals surface area contributed by atoms with Gasteiger partial charge in [0.1, 0.15) is 5.75 Å². The fourth-order valence-electron chi connectivity index (χ4n) is 1.03. The highest BCUT2D eigenvalue weighted by molar-refractivity contribution is 5.84. The van der Waals surface area contributed by atoms with Crippen molar-refractivity contribution in [3.8, 4) is 5.75 Å². The molecule has 2 heterocycles. The highest BCUT2D eigenvalue weighted by atomic mass is 16.4. The van der Waals surface area contributed by atoms with Crippen molar-refractivity contribution < 1.29 is 15.0 Å². The zero-order chi connectivity index (χ0) is 9.42. The van der Waals surface area contributed by atoms with E-state index in [1.165, 1.54) is 22.7 Å². The molecule has 0 bridgehead atoms. The summed E-state index contributed by atoms with van der Waals surface area (Å²) in [5.41, 5.74) is 0.384. The number of carboxylic acids is 1. The van der Waals surface area contributed by atoms with Gasteiger partial charge in [0.15, 0.2) is 5.65 Å². The molecule has 0 saturated carbocycles. The van der Waals surface area contributed by atoms with Crippen molar-refractivity contribution in [1.82, 2.24) is 14.6 Å². The zero-order valence-electron chi connectivity index (χ0n) is 6.38. The summed E-state index contributed by atoms with van der Waals surface area (Å²) in [5.74, 6) is -1.43. The van der Waals surface area contributed by atoms with E-state index in [1.807, 2.05) is 0 Å². The Labute approximate surface area is 72.1 Å². The van der Waals surface area contributed by atoms with Crippen molar-refractivity contribution in [3.05, 3.63) is 24.2 Å². The number of hydrogen-bond donors (Lipinski definition) is 2. The Morgan fingerprint density at radius 3 is 2.85 bits per heavy atom. The lowest BCUT2D eigenvalue weighted by atomic mass is 10.4. The maximum absolute atomic E-state index is 10.6. The molecule has 0 aliphatic heterocycles. The number of rotatable bonds is 1. The van der Waals surface area contributed by atoms with Gasteiger partial charge in [0.2, 0.25) is 5.82 Å². The monoisotopic (exact) mass is 179 g/mol. The lowest BCUT2D eigenvalue weighted by molar-refractivity contribution is 0.0682. The van der Waals surface area contributed by atoms with E-state index in [1.54, 1.807) is 0 Å². The Bertz CT molecular complexity index is 477. The van der Waals surface area contributed by atoms with Gasteiger partial charge in [-0.15, -0.1) is 10.2 Å². The molecular formula is C7H5N3O3. The molecule has 0 aromatic carbocycles. The van der Waals surface area contributed by atoms with E-state index in [2.05, 4.69) is 10.2 Å². The van der Waals surface area contributed by atoms with Crippen LogP contribution in [0.4, 0.5) is 0 Å². The van der Waals surface area contributed by atoms with Crippen LogP contribution in [0.15, 0.2) is 18.3 Å². The predicted octanol–water partition coefficient (Wildman–Crippen LogP) is 0.133. The molecule has 0 amide bonds. The molecule has 0 saturated heterocycles. The van der Waals surface area contributed by atoms with Gasteiger partial charge in [-0.05, 0) is 12.1 Å². The van der Waals surface area contributed by atoms with Crippen LogP contribution >= 0.6 is 0 Å². The second-order valence-electron chi connectivity index (χ2n) is 2.44. The van der Waals surface area contributed by atoms with Gasteiger partial charge in [-0.1, -0.05) is 0 Å². The van der Waals surface area contributed by atoms with E-state index in [4.69, 9.17) is 10.2 Å². The number of carboxylic acid groups (broad SMARTS) is 1. The zero-order valence-corrected chi connectivity index (χ0v) is 6.38. The second-order valence-corrected chi connectivity index (χ2v) is 2.44. The van der Waals surface area contributed by atoms with E-state index in [0.29, 0.717) is 5.65 Å². The number of hydrogen-bond acceptors (Lipinski definition) is 4. The summed E-state index contributed by atoms with van der Waals surface area (Å²) >= 11 is 0. The first-order chi connectivity index (χ1) is 6.18. The first-order valence-corrected chi connectivity index (χ1v) is 3.45. The topological polar surface area (TPSA) is 87.7 Å². The molecule has 66 valence electrons. The smallest absolute Gasteiger partial charge is 0.374 e. The number of carbonyl (C=O) groups is 1. The summed E-state index contributed by atoms with van der Waals surface area (Å²) in [6.07, 6.45) is 1.25. The molecule has 0 spiro atoms. The van der Waals surface area contributed by atoms with E-state index in [9.17, 15) is 4.79 Å². The molecule has 2 aromatic rings. The number of aromatic hydroxyl groups is 1. The number of aromatic carboxylic acids is 1. The summed E-state index contributed by atoms with van der Waals surface area (Å²) in [7, 11) is 0. The van der Waals surface area contributed by atoms with Crippen LogP contribution in [0.3, 0.4) is 0 Å². The van der Waals surface area contributed by atoms with Gasteiger partial charge < -0.3 is 10.2 Å². The first-order valence-electron chi connectivity index (χ1n) is 3.45. The van der Waals surface area contributed by atoms with Crippen LogP contribution in [0.25, 0.3) is 5.65 Å². The molecule has 6 nitrogen and oxygen atoms in total. The molecule has 0 aliphatic carbocycles. The maximum Gasteiger partial charge on any atom is 0.374 e. The average molecular weight is 179 g/mol. The standard InChI is InChI=1S/C7H5N3O3/c11-4-1-2-5-8-9-6(7(12)13)10(5)3-4/h1-3,11H,(H,12,13). The third-order valence-electron chi connectivity index (χ3n) is 1.58. The minimum absolute atomic E-state index is 0.0326. The molecular weight excluding hydrogens is 174 g/mol. The molecule has 0 unspecified atom stereocenters. The summed E-state index contributed by atoms with van der Waals surface area (Å²) in [4.78, 5) is 10.6. The van der Waals surface area contributed by atoms with Gasteiger partial charge in [0.05, 0.1) is 6.20 Å². The van der Waals surface area contributed by atoms with E-state index >= 15 is 0 Å². The van der Waals surface area contributed by atoms with E-state index in [0.717, 1.165) is 0 Å². The van der Waals surface area contributed by atoms with Crippen molar-refractivity contribution in [1.29, 1.82) is 0 Å². The Balaban J connectivity index is 2.79. The van der Waals surface area contributed by atoms with Gasteiger partial charge in [-0.2, -0.15) is 0 Å². The number of pyridine rings is 1. The Kier molecular flexibility index (Phi) is 1.42. The highest BCUT2D eigenvalue weighted by Gasteiger charge is 2.12. The van der Waals surface area contributed by atoms with Gasteiger partial charge in [-0.25, -0.2) is 4.79 Å². The third kappa shape index (κ3) is 1.08. The van der Waals surface area contributed by atoms with Crippen LogP contribution in [0.1, 0.15) is 10.6 Å². The molecule has 2 rings (SSSR count). The SMILES string of the molecule is O=C(O)c1nnc2ccc(O)cn12. The van der Waals surface area contributed by atoms with Gasteiger partial charge >= 0.3 is 5.97 Å². The van der Waals surface area contributed by atoms with E-state index in [-0.39, 0.29) is 11.6 Å². The molecule has 2 aromatic heterocycles. The van der Waals surface area contributed by atoms with Crippen LogP contribution in [0, 0.1) is 0 Å². The minimum Gasteiger partial charge on any atom is -0.506 e. The molecule has 0 aliphatic rings. The van der Waals surface area contributed by atoms with Gasteiger partial charge in [0, 0.05) is 0 Å². The highest BCUT2D eigenvalue weighted by Crippen LogP contribution is 2.11. The Morgan fingerprint density at radius 2 is 2.15 bits per heavy atom. The summed E-state index contributed by atoms with van der Waals surface area (Å²) in [6, 6.07) is 2.89. The number of nitrogens with zero attached hydrogens (tertiary/aromatic N) is 3. The van der Waals surface area contributed by atoms with Gasteiger partial charge in [0.25, 0.3) is 0 Å². The van der Waals surface area contributed by atoms with E-state index < -0.39 is 5.97 Å². The Hall–Kier alpha value is -2.11. The quantitative estimate of drug-likeness (QED) is 0.649. The summed E-state index contributed by atoms with van der Waals surface area (Å²) in [5, 5.41) is 24.8. The van der Waals surface area contributed by atoms with Crippen LogP contribution in [0.5, 0.6) is 5.75 Å². The second kappa shape index (κ2) is 2.44. The van der Waals surface area contributed by atoms with Crippen LogP contribution in [-0.2, 0) is 0 Å². The molecule has 13 heavy (non-hydrogen) atoms. The van der Waals surface area contributed by atoms with Crippen molar-refractivity contribution in [3.63, 3.8) is 0 Å². The van der Waals surface area contributed by atoms with Crippen LogP contribution in [-0.4, -0.2) is 30.8 Å². The van der Waals surface area contributed by atoms with Crippen molar-refractivity contribution in [2.75, 3.05) is 0 Å². The predicted molar refractivity (Wildman–Crippen MR) is 41.6 cm³/mol. The summed E-state index contributed by atoms with van der Waals surface area (Å²) in [6.45, 7) is 0. The van der Waals surface area contributed by atoms with Crippen molar-refractivity contribution in [2.24, 2.45) is 0 Å². The minimum atomic E-state index is -1.18. The molecule has 0 radical (unpaired) electrons. The van der Waals surface area contributed by atoms with Crippen molar-refractivity contribution in [2.45, 2.75) is 0 Å². The average Bonchev–Trinajstić information content (AvgIpc) is 2.46. The lowest BCUT2D eigenvalue weighted by Crippen LogP contribution is -2.02. The van der Waals surface area contributed by atoms with Crippen molar-refractivity contribution >= 4 is 11.6 Å². The summed E-state index contributed by atoms with van der Waals surface area (Å²) < 4.78 is 1.21. The fraction of sp³-hybridized carbons (Fsp3) is 0.